The highest BCUT2D eigenvalue weighted by atomic mass is 35.5. The monoisotopic (exact) mass is 424 g/mol. The summed E-state index contributed by atoms with van der Waals surface area (Å²) in [7, 11) is 0. The second-order valence-corrected chi connectivity index (χ2v) is 7.95. The first kappa shape index (κ1) is 20.6. The summed E-state index contributed by atoms with van der Waals surface area (Å²) in [6.07, 6.45) is 1.60. The molecule has 146 valence electrons. The third-order valence-electron chi connectivity index (χ3n) is 4.10. The second-order valence-electron chi connectivity index (χ2n) is 6.20. The maximum Gasteiger partial charge on any atom is 0.262 e. The number of halogens is 1. The number of anilines is 1. The fraction of sp³-hybridized carbons (Fsp3) is 0.143. The van der Waals surface area contributed by atoms with Crippen LogP contribution in [0.2, 0.25) is 5.02 Å². The fourth-order valence-electron chi connectivity index (χ4n) is 2.67. The Morgan fingerprint density at radius 3 is 2.93 bits per heavy atom. The lowest BCUT2D eigenvalue weighted by Gasteiger charge is -2.15. The Balaban J connectivity index is 1.89. The van der Waals surface area contributed by atoms with E-state index in [1.807, 2.05) is 6.07 Å². The number of nitriles is 1. The number of thioether (sulfide) groups is 1. The van der Waals surface area contributed by atoms with E-state index in [0.29, 0.717) is 32.3 Å². The van der Waals surface area contributed by atoms with Crippen LogP contribution in [0.5, 0.6) is 0 Å². The van der Waals surface area contributed by atoms with Crippen LogP contribution in [0, 0.1) is 11.3 Å². The summed E-state index contributed by atoms with van der Waals surface area (Å²) < 4.78 is 1.47. The number of hydrogen-bond donors (Lipinski definition) is 1. The van der Waals surface area contributed by atoms with Gasteiger partial charge in [0, 0.05) is 17.3 Å². The average molecular weight is 425 g/mol. The molecule has 29 heavy (non-hydrogen) atoms. The number of amides is 1. The number of rotatable bonds is 6. The molecule has 2 aromatic carbocycles. The SMILES string of the molecule is C=CCn1c(S[C@H](C)C(=O)Nc2cccc(C#N)c2)nc2ccc(Cl)cc2c1=O. The van der Waals surface area contributed by atoms with Crippen molar-refractivity contribution in [1.29, 1.82) is 5.26 Å². The molecule has 1 amide bonds. The van der Waals surface area contributed by atoms with Gasteiger partial charge >= 0.3 is 0 Å². The Labute approximate surface area is 176 Å². The minimum atomic E-state index is -0.534. The molecule has 0 unspecified atom stereocenters. The number of aromatic nitrogens is 2. The van der Waals surface area contributed by atoms with Gasteiger partial charge in [-0.1, -0.05) is 35.5 Å². The average Bonchev–Trinajstić information content (AvgIpc) is 2.71. The topological polar surface area (TPSA) is 87.8 Å². The van der Waals surface area contributed by atoms with Gasteiger partial charge in [0.2, 0.25) is 5.91 Å². The molecule has 0 fully saturated rings. The summed E-state index contributed by atoms with van der Waals surface area (Å²) in [4.78, 5) is 30.0. The van der Waals surface area contributed by atoms with E-state index in [9.17, 15) is 9.59 Å². The van der Waals surface area contributed by atoms with Crippen LogP contribution in [0.15, 0.2) is 65.1 Å². The lowest BCUT2D eigenvalue weighted by molar-refractivity contribution is -0.115. The minimum Gasteiger partial charge on any atom is -0.325 e. The maximum atomic E-state index is 12.9. The van der Waals surface area contributed by atoms with Crippen molar-refractivity contribution in [3.8, 4) is 6.07 Å². The standard InChI is InChI=1S/C21H17ClN4O2S/c1-3-9-26-20(28)17-11-15(22)7-8-18(17)25-21(26)29-13(2)19(27)24-16-6-4-5-14(10-16)12-23/h3-8,10-11,13H,1,9H2,2H3,(H,24,27)/t13-/m1/s1. The van der Waals surface area contributed by atoms with E-state index >= 15 is 0 Å². The highest BCUT2D eigenvalue weighted by molar-refractivity contribution is 8.00. The summed E-state index contributed by atoms with van der Waals surface area (Å²) in [5.41, 5.74) is 1.26. The fourth-order valence-corrected chi connectivity index (χ4v) is 3.76. The van der Waals surface area contributed by atoms with Crippen molar-refractivity contribution in [2.24, 2.45) is 0 Å². The quantitative estimate of drug-likeness (QED) is 0.363. The Kier molecular flexibility index (Phi) is 6.37. The first-order chi connectivity index (χ1) is 13.9. The lowest BCUT2D eigenvalue weighted by Crippen LogP contribution is -2.26. The zero-order chi connectivity index (χ0) is 21.0. The minimum absolute atomic E-state index is 0.241. The normalized spacial score (nSPS) is 11.6. The van der Waals surface area contributed by atoms with Crippen molar-refractivity contribution in [3.63, 3.8) is 0 Å². The van der Waals surface area contributed by atoms with Gasteiger partial charge in [0.1, 0.15) is 0 Å². The Bertz CT molecular complexity index is 1200. The second kappa shape index (κ2) is 8.95. The number of nitrogens with one attached hydrogen (secondary N) is 1. The molecule has 0 aliphatic rings. The molecule has 0 aliphatic carbocycles. The zero-order valence-electron chi connectivity index (χ0n) is 15.6. The number of allylic oxidation sites excluding steroid dienone is 1. The molecule has 0 aliphatic heterocycles. The van der Waals surface area contributed by atoms with Crippen molar-refractivity contribution >= 4 is 45.9 Å². The van der Waals surface area contributed by atoms with Gasteiger partial charge in [0.05, 0.1) is 27.8 Å². The predicted octanol–water partition coefficient (Wildman–Crippen LogP) is 4.23. The smallest absolute Gasteiger partial charge is 0.262 e. The summed E-state index contributed by atoms with van der Waals surface area (Å²) in [5, 5.41) is 12.5. The molecule has 1 N–H and O–H groups in total. The molecule has 0 saturated heterocycles. The van der Waals surface area contributed by atoms with Gasteiger partial charge in [-0.2, -0.15) is 5.26 Å². The van der Waals surface area contributed by atoms with Gasteiger partial charge in [0.15, 0.2) is 5.16 Å². The van der Waals surface area contributed by atoms with E-state index in [-0.39, 0.29) is 18.0 Å². The molecule has 3 aromatic rings. The van der Waals surface area contributed by atoms with Crippen LogP contribution in [0.1, 0.15) is 12.5 Å². The number of carbonyl (C=O) groups is 1. The van der Waals surface area contributed by atoms with Gasteiger partial charge in [0.25, 0.3) is 5.56 Å². The molecule has 8 heteroatoms. The Morgan fingerprint density at radius 1 is 1.41 bits per heavy atom. The molecule has 0 saturated carbocycles. The third kappa shape index (κ3) is 4.67. The zero-order valence-corrected chi connectivity index (χ0v) is 17.1. The third-order valence-corrected chi connectivity index (χ3v) is 5.43. The summed E-state index contributed by atoms with van der Waals surface area (Å²) in [6, 6.07) is 13.6. The van der Waals surface area contributed by atoms with Gasteiger partial charge in [-0.05, 0) is 43.3 Å². The van der Waals surface area contributed by atoms with Crippen molar-refractivity contribution in [1.82, 2.24) is 9.55 Å². The molecule has 1 atom stereocenters. The van der Waals surface area contributed by atoms with Crippen LogP contribution in [0.25, 0.3) is 10.9 Å². The maximum absolute atomic E-state index is 12.9. The Hall–Kier alpha value is -3.08. The molecular formula is C21H17ClN4O2S. The van der Waals surface area contributed by atoms with E-state index < -0.39 is 5.25 Å². The van der Waals surface area contributed by atoms with Crippen LogP contribution in [-0.4, -0.2) is 20.7 Å². The molecular weight excluding hydrogens is 408 g/mol. The highest BCUT2D eigenvalue weighted by Gasteiger charge is 2.19. The molecule has 1 aromatic heterocycles. The summed E-state index contributed by atoms with van der Waals surface area (Å²) >= 11 is 7.18. The first-order valence-electron chi connectivity index (χ1n) is 8.71. The molecule has 0 bridgehead atoms. The number of benzene rings is 2. The summed E-state index contributed by atoms with van der Waals surface area (Å²) in [5.74, 6) is -0.263. The first-order valence-corrected chi connectivity index (χ1v) is 9.97. The van der Waals surface area contributed by atoms with Crippen LogP contribution in [0.4, 0.5) is 5.69 Å². The molecule has 3 rings (SSSR count). The van der Waals surface area contributed by atoms with E-state index in [1.165, 1.54) is 16.3 Å². The molecule has 6 nitrogen and oxygen atoms in total. The van der Waals surface area contributed by atoms with Crippen LogP contribution in [-0.2, 0) is 11.3 Å². The predicted molar refractivity (Wildman–Crippen MR) is 116 cm³/mol. The van der Waals surface area contributed by atoms with Gasteiger partial charge in [-0.25, -0.2) is 4.98 Å². The van der Waals surface area contributed by atoms with Gasteiger partial charge < -0.3 is 5.32 Å². The van der Waals surface area contributed by atoms with Crippen LogP contribution < -0.4 is 10.9 Å². The highest BCUT2D eigenvalue weighted by Crippen LogP contribution is 2.25. The molecule has 0 spiro atoms. The van der Waals surface area contributed by atoms with Crippen LogP contribution >= 0.6 is 23.4 Å². The van der Waals surface area contributed by atoms with E-state index in [4.69, 9.17) is 16.9 Å². The van der Waals surface area contributed by atoms with Crippen molar-refractivity contribution in [3.05, 3.63) is 76.1 Å². The Morgan fingerprint density at radius 2 is 2.21 bits per heavy atom. The van der Waals surface area contributed by atoms with Crippen molar-refractivity contribution in [2.45, 2.75) is 23.9 Å². The number of nitrogens with zero attached hydrogens (tertiary/aromatic N) is 3. The van der Waals surface area contributed by atoms with E-state index in [0.717, 1.165) is 0 Å². The van der Waals surface area contributed by atoms with E-state index in [2.05, 4.69) is 16.9 Å². The summed E-state index contributed by atoms with van der Waals surface area (Å²) in [6.45, 7) is 5.68. The van der Waals surface area contributed by atoms with E-state index in [1.54, 1.807) is 55.5 Å². The lowest BCUT2D eigenvalue weighted by atomic mass is 10.2. The molecule has 1 heterocycles. The van der Waals surface area contributed by atoms with Crippen molar-refractivity contribution in [2.75, 3.05) is 5.32 Å². The number of carbonyl (C=O) groups excluding carboxylic acids is 1. The van der Waals surface area contributed by atoms with Crippen LogP contribution in [0.3, 0.4) is 0 Å². The number of hydrogen-bond acceptors (Lipinski definition) is 5. The number of fused-ring (bicyclic) bond motifs is 1. The van der Waals surface area contributed by atoms with Gasteiger partial charge in [-0.3, -0.25) is 14.2 Å². The van der Waals surface area contributed by atoms with Gasteiger partial charge in [-0.15, -0.1) is 6.58 Å². The largest absolute Gasteiger partial charge is 0.325 e. The molecule has 0 radical (unpaired) electrons. The van der Waals surface area contributed by atoms with Crippen molar-refractivity contribution < 1.29 is 4.79 Å².